The summed E-state index contributed by atoms with van der Waals surface area (Å²) in [5.41, 5.74) is 0.996. The number of aromatic nitrogens is 1. The molecule has 0 aliphatic carbocycles. The van der Waals surface area contributed by atoms with Crippen LogP contribution < -0.4 is 14.8 Å². The molecule has 6 heteroatoms. The molecule has 21 heavy (non-hydrogen) atoms. The molecule has 0 bridgehead atoms. The average molecular weight is 305 g/mol. The molecule has 108 valence electrons. The number of nitrogens with zero attached hydrogens (tertiary/aromatic N) is 1. The van der Waals surface area contributed by atoms with Gasteiger partial charge in [-0.25, -0.2) is 0 Å². The standard InChI is InChI=1S/C15H13ClN2O3/c16-11-8-13-14(21-7-1-6-20-13)9-12(11)18-15(19)10-2-4-17-5-3-10/h2-5,8-9H,1,6-7H2,(H,18,19). The molecule has 0 saturated heterocycles. The fourth-order valence-corrected chi connectivity index (χ4v) is 2.18. The van der Waals surface area contributed by atoms with E-state index in [0.29, 0.717) is 41.0 Å². The molecular formula is C15H13ClN2O3. The van der Waals surface area contributed by atoms with Gasteiger partial charge in [0.15, 0.2) is 11.5 Å². The molecule has 0 radical (unpaired) electrons. The number of pyridine rings is 1. The van der Waals surface area contributed by atoms with Gasteiger partial charge in [-0.15, -0.1) is 0 Å². The third-order valence-electron chi connectivity index (χ3n) is 3.03. The monoisotopic (exact) mass is 304 g/mol. The van der Waals surface area contributed by atoms with Crippen LogP contribution in [0, 0.1) is 0 Å². The van der Waals surface area contributed by atoms with Crippen LogP contribution in [0.2, 0.25) is 5.02 Å². The second kappa shape index (κ2) is 6.01. The van der Waals surface area contributed by atoms with Gasteiger partial charge in [0.25, 0.3) is 5.91 Å². The Kier molecular flexibility index (Phi) is 3.92. The topological polar surface area (TPSA) is 60.5 Å². The zero-order chi connectivity index (χ0) is 14.7. The fourth-order valence-electron chi connectivity index (χ4n) is 1.98. The van der Waals surface area contributed by atoms with Crippen LogP contribution in [-0.2, 0) is 0 Å². The van der Waals surface area contributed by atoms with E-state index in [0.717, 1.165) is 6.42 Å². The highest BCUT2D eigenvalue weighted by atomic mass is 35.5. The third-order valence-corrected chi connectivity index (χ3v) is 3.34. The summed E-state index contributed by atoms with van der Waals surface area (Å²) in [5, 5.41) is 3.17. The molecule has 1 aromatic heterocycles. The van der Waals surface area contributed by atoms with Crippen molar-refractivity contribution in [3.63, 3.8) is 0 Å². The van der Waals surface area contributed by atoms with Crippen LogP contribution in [0.1, 0.15) is 16.8 Å². The number of carbonyl (C=O) groups is 1. The predicted octanol–water partition coefficient (Wildman–Crippen LogP) is 3.15. The Bertz CT molecular complexity index is 661. The molecule has 5 nitrogen and oxygen atoms in total. The number of hydrogen-bond donors (Lipinski definition) is 1. The zero-order valence-electron chi connectivity index (χ0n) is 11.1. The van der Waals surface area contributed by atoms with Crippen LogP contribution in [0.15, 0.2) is 36.7 Å². The molecule has 2 heterocycles. The maximum atomic E-state index is 12.1. The van der Waals surface area contributed by atoms with Crippen molar-refractivity contribution in [2.45, 2.75) is 6.42 Å². The van der Waals surface area contributed by atoms with Crippen molar-refractivity contribution in [2.75, 3.05) is 18.5 Å². The molecular weight excluding hydrogens is 292 g/mol. The molecule has 0 spiro atoms. The Balaban J connectivity index is 1.86. The minimum atomic E-state index is -0.256. The van der Waals surface area contributed by atoms with E-state index in [4.69, 9.17) is 21.1 Å². The van der Waals surface area contributed by atoms with Crippen molar-refractivity contribution >= 4 is 23.2 Å². The quantitative estimate of drug-likeness (QED) is 0.926. The SMILES string of the molecule is O=C(Nc1cc2c(cc1Cl)OCCCO2)c1ccncc1. The Morgan fingerprint density at radius 1 is 1.14 bits per heavy atom. The molecule has 3 rings (SSSR count). The number of amides is 1. The van der Waals surface area contributed by atoms with Gasteiger partial charge in [-0.2, -0.15) is 0 Å². The van der Waals surface area contributed by atoms with Crippen molar-refractivity contribution < 1.29 is 14.3 Å². The Morgan fingerprint density at radius 2 is 1.81 bits per heavy atom. The number of ether oxygens (including phenoxy) is 2. The van der Waals surface area contributed by atoms with E-state index >= 15 is 0 Å². The van der Waals surface area contributed by atoms with Crippen LogP contribution in [-0.4, -0.2) is 24.1 Å². The number of halogens is 1. The first-order valence-corrected chi connectivity index (χ1v) is 6.92. The van der Waals surface area contributed by atoms with Crippen molar-refractivity contribution in [1.29, 1.82) is 0 Å². The first-order valence-electron chi connectivity index (χ1n) is 6.54. The lowest BCUT2D eigenvalue weighted by atomic mass is 10.2. The lowest BCUT2D eigenvalue weighted by molar-refractivity contribution is 0.102. The van der Waals surface area contributed by atoms with Gasteiger partial charge in [0.05, 0.1) is 23.9 Å². The zero-order valence-corrected chi connectivity index (χ0v) is 11.9. The number of carbonyl (C=O) groups excluding carboxylic acids is 1. The van der Waals surface area contributed by atoms with Crippen LogP contribution in [0.5, 0.6) is 11.5 Å². The van der Waals surface area contributed by atoms with Crippen molar-refractivity contribution in [3.05, 3.63) is 47.2 Å². The van der Waals surface area contributed by atoms with Gasteiger partial charge in [0.2, 0.25) is 0 Å². The molecule has 1 N–H and O–H groups in total. The first-order chi connectivity index (χ1) is 10.2. The summed E-state index contributed by atoms with van der Waals surface area (Å²) in [7, 11) is 0. The molecule has 1 aliphatic heterocycles. The van der Waals surface area contributed by atoms with E-state index in [2.05, 4.69) is 10.3 Å². The van der Waals surface area contributed by atoms with Crippen LogP contribution in [0.25, 0.3) is 0 Å². The molecule has 1 aliphatic rings. The highest BCUT2D eigenvalue weighted by Crippen LogP contribution is 2.37. The fraction of sp³-hybridized carbons (Fsp3) is 0.200. The summed E-state index contributed by atoms with van der Waals surface area (Å²) in [5.74, 6) is 0.926. The number of nitrogens with one attached hydrogen (secondary N) is 1. The van der Waals surface area contributed by atoms with Gasteiger partial charge in [0.1, 0.15) is 0 Å². The Morgan fingerprint density at radius 3 is 2.52 bits per heavy atom. The maximum Gasteiger partial charge on any atom is 0.255 e. The minimum absolute atomic E-state index is 0.256. The van der Waals surface area contributed by atoms with Gasteiger partial charge in [-0.3, -0.25) is 9.78 Å². The highest BCUT2D eigenvalue weighted by molar-refractivity contribution is 6.34. The van der Waals surface area contributed by atoms with E-state index in [1.165, 1.54) is 0 Å². The van der Waals surface area contributed by atoms with E-state index in [9.17, 15) is 4.79 Å². The van der Waals surface area contributed by atoms with E-state index in [1.807, 2.05) is 0 Å². The number of rotatable bonds is 2. The van der Waals surface area contributed by atoms with E-state index < -0.39 is 0 Å². The Labute approximate surface area is 126 Å². The summed E-state index contributed by atoms with van der Waals surface area (Å²) in [6, 6.07) is 6.60. The summed E-state index contributed by atoms with van der Waals surface area (Å²) in [6.45, 7) is 1.17. The average Bonchev–Trinajstić information content (AvgIpc) is 2.73. The largest absolute Gasteiger partial charge is 0.490 e. The number of anilines is 1. The van der Waals surface area contributed by atoms with Crippen molar-refractivity contribution in [3.8, 4) is 11.5 Å². The second-order valence-corrected chi connectivity index (χ2v) is 4.93. The number of benzene rings is 1. The van der Waals surface area contributed by atoms with Crippen LogP contribution in [0.4, 0.5) is 5.69 Å². The van der Waals surface area contributed by atoms with Crippen LogP contribution in [0.3, 0.4) is 0 Å². The van der Waals surface area contributed by atoms with E-state index in [1.54, 1.807) is 36.7 Å². The number of fused-ring (bicyclic) bond motifs is 1. The molecule has 0 fully saturated rings. The normalized spacial score (nSPS) is 13.4. The summed E-state index contributed by atoms with van der Waals surface area (Å²) >= 11 is 6.18. The summed E-state index contributed by atoms with van der Waals surface area (Å²) in [6.07, 6.45) is 3.93. The van der Waals surface area contributed by atoms with Gasteiger partial charge in [-0.05, 0) is 12.1 Å². The van der Waals surface area contributed by atoms with E-state index in [-0.39, 0.29) is 5.91 Å². The van der Waals surface area contributed by atoms with Gasteiger partial charge >= 0.3 is 0 Å². The second-order valence-electron chi connectivity index (χ2n) is 4.52. The molecule has 1 amide bonds. The predicted molar refractivity (Wildman–Crippen MR) is 79.2 cm³/mol. The molecule has 2 aromatic rings. The summed E-state index contributed by atoms with van der Waals surface area (Å²) < 4.78 is 11.1. The van der Waals surface area contributed by atoms with Crippen molar-refractivity contribution in [2.24, 2.45) is 0 Å². The minimum Gasteiger partial charge on any atom is -0.490 e. The smallest absolute Gasteiger partial charge is 0.255 e. The Hall–Kier alpha value is -2.27. The van der Waals surface area contributed by atoms with Gasteiger partial charge in [-0.1, -0.05) is 11.6 Å². The molecule has 0 unspecified atom stereocenters. The molecule has 0 saturated carbocycles. The maximum absolute atomic E-state index is 12.1. The van der Waals surface area contributed by atoms with Gasteiger partial charge in [0, 0.05) is 36.5 Å². The molecule has 1 aromatic carbocycles. The lowest BCUT2D eigenvalue weighted by Crippen LogP contribution is -2.12. The lowest BCUT2D eigenvalue weighted by Gasteiger charge is -2.12. The van der Waals surface area contributed by atoms with Crippen molar-refractivity contribution in [1.82, 2.24) is 4.98 Å². The third kappa shape index (κ3) is 3.08. The summed E-state index contributed by atoms with van der Waals surface area (Å²) in [4.78, 5) is 16.0. The van der Waals surface area contributed by atoms with Gasteiger partial charge < -0.3 is 14.8 Å². The first kappa shape index (κ1) is 13.7. The highest BCUT2D eigenvalue weighted by Gasteiger charge is 2.16. The van der Waals surface area contributed by atoms with Crippen LogP contribution >= 0.6 is 11.6 Å². The molecule has 0 atom stereocenters. The number of hydrogen-bond acceptors (Lipinski definition) is 4.